The second kappa shape index (κ2) is 9.88. The molecule has 1 N–H and O–H groups in total. The van der Waals surface area contributed by atoms with Gasteiger partial charge in [0.1, 0.15) is 11.6 Å². The summed E-state index contributed by atoms with van der Waals surface area (Å²) in [5, 5.41) is 4.53. The van der Waals surface area contributed by atoms with Gasteiger partial charge in [-0.05, 0) is 12.1 Å². The Hall–Kier alpha value is -3.30. The van der Waals surface area contributed by atoms with E-state index in [0.717, 1.165) is 34.0 Å². The Morgan fingerprint density at radius 3 is 2.75 bits per heavy atom. The first kappa shape index (κ1) is 21.9. The highest BCUT2D eigenvalue weighted by Crippen LogP contribution is 2.24. The third-order valence-corrected chi connectivity index (χ3v) is 5.90. The molecule has 166 valence electrons. The van der Waals surface area contributed by atoms with E-state index in [1.165, 1.54) is 17.4 Å². The molecule has 4 aromatic rings. The first-order chi connectivity index (χ1) is 15.5. The largest absolute Gasteiger partial charge is 0.383 e. The lowest BCUT2D eigenvalue weighted by Gasteiger charge is -2.23. The number of aromatic nitrogens is 2. The summed E-state index contributed by atoms with van der Waals surface area (Å²) in [6.45, 7) is 1.06. The number of fused-ring (bicyclic) bond motifs is 1. The smallest absolute Gasteiger partial charge is 0.322 e. The van der Waals surface area contributed by atoms with Crippen LogP contribution in [0.5, 0.6) is 0 Å². The summed E-state index contributed by atoms with van der Waals surface area (Å²) in [7, 11) is 1.55. The summed E-state index contributed by atoms with van der Waals surface area (Å²) in [4.78, 5) is 19.9. The summed E-state index contributed by atoms with van der Waals surface area (Å²) in [5.41, 5.74) is 2.87. The molecule has 9 heteroatoms. The maximum Gasteiger partial charge on any atom is 0.322 e. The van der Waals surface area contributed by atoms with Crippen LogP contribution in [-0.4, -0.2) is 47.1 Å². The number of nitrogens with zero attached hydrogens (tertiary/aromatic N) is 3. The normalized spacial score (nSPS) is 11.1. The molecule has 32 heavy (non-hydrogen) atoms. The van der Waals surface area contributed by atoms with Gasteiger partial charge < -0.3 is 15.0 Å². The Morgan fingerprint density at radius 2 is 2.00 bits per heavy atom. The van der Waals surface area contributed by atoms with Crippen LogP contribution >= 0.6 is 11.3 Å². The van der Waals surface area contributed by atoms with Crippen LogP contribution in [-0.2, 0) is 11.2 Å². The molecule has 2 amide bonds. The van der Waals surface area contributed by atoms with E-state index in [4.69, 9.17) is 4.74 Å². The minimum absolute atomic E-state index is 0.0705. The van der Waals surface area contributed by atoms with E-state index in [9.17, 15) is 13.6 Å². The molecule has 0 fully saturated rings. The van der Waals surface area contributed by atoms with Crippen LogP contribution in [0.3, 0.4) is 0 Å². The SMILES string of the molecule is COCCN(CCc1csc2nc(-c3ccccc3)cn12)C(=O)Nc1ccc(F)cc1F. The zero-order valence-electron chi connectivity index (χ0n) is 17.4. The molecular formula is C23H22F2N4O2S. The minimum atomic E-state index is -0.823. The number of urea groups is 1. The molecule has 0 spiro atoms. The molecule has 2 aromatic heterocycles. The van der Waals surface area contributed by atoms with Crippen molar-refractivity contribution in [3.63, 3.8) is 0 Å². The molecule has 0 saturated carbocycles. The van der Waals surface area contributed by atoms with Crippen molar-refractivity contribution in [3.05, 3.63) is 77.4 Å². The Balaban J connectivity index is 1.47. The minimum Gasteiger partial charge on any atom is -0.383 e. The van der Waals surface area contributed by atoms with Gasteiger partial charge in [0.15, 0.2) is 4.96 Å². The summed E-state index contributed by atoms with van der Waals surface area (Å²) in [5.74, 6) is -1.52. The Bertz CT molecular complexity index is 1210. The Morgan fingerprint density at radius 1 is 1.19 bits per heavy atom. The lowest BCUT2D eigenvalue weighted by Crippen LogP contribution is -2.39. The van der Waals surface area contributed by atoms with Crippen molar-refractivity contribution in [1.82, 2.24) is 14.3 Å². The van der Waals surface area contributed by atoms with Crippen LogP contribution in [0.2, 0.25) is 0 Å². The fourth-order valence-corrected chi connectivity index (χ4v) is 4.22. The third-order valence-electron chi connectivity index (χ3n) is 5.02. The van der Waals surface area contributed by atoms with E-state index in [0.29, 0.717) is 26.1 Å². The first-order valence-electron chi connectivity index (χ1n) is 10.1. The van der Waals surface area contributed by atoms with Crippen LogP contribution < -0.4 is 5.32 Å². The number of imidazole rings is 1. The zero-order valence-corrected chi connectivity index (χ0v) is 18.2. The van der Waals surface area contributed by atoms with Gasteiger partial charge in [-0.25, -0.2) is 18.6 Å². The molecule has 0 atom stereocenters. The fraction of sp³-hybridized carbons (Fsp3) is 0.217. The van der Waals surface area contributed by atoms with E-state index in [1.54, 1.807) is 12.0 Å². The van der Waals surface area contributed by atoms with Crippen molar-refractivity contribution in [2.45, 2.75) is 6.42 Å². The van der Waals surface area contributed by atoms with Gasteiger partial charge in [-0.2, -0.15) is 0 Å². The Kier molecular flexibility index (Phi) is 6.77. The lowest BCUT2D eigenvalue weighted by molar-refractivity contribution is 0.155. The first-order valence-corrected chi connectivity index (χ1v) is 10.9. The van der Waals surface area contributed by atoms with Crippen LogP contribution in [0.1, 0.15) is 5.69 Å². The van der Waals surface area contributed by atoms with Gasteiger partial charge in [0.25, 0.3) is 0 Å². The van der Waals surface area contributed by atoms with E-state index >= 15 is 0 Å². The van der Waals surface area contributed by atoms with Crippen LogP contribution in [0.25, 0.3) is 16.2 Å². The standard InChI is InChI=1S/C23H22F2N4O2S/c1-31-12-11-28(22(30)26-20-8-7-17(24)13-19(20)25)10-9-18-15-32-23-27-21(14-29(18)23)16-5-3-2-4-6-16/h2-8,13-15H,9-12H2,1H3,(H,26,30). The number of hydrogen-bond donors (Lipinski definition) is 1. The van der Waals surface area contributed by atoms with Crippen molar-refractivity contribution >= 4 is 28.0 Å². The van der Waals surface area contributed by atoms with Gasteiger partial charge in [-0.3, -0.25) is 4.40 Å². The van der Waals surface area contributed by atoms with Gasteiger partial charge in [0, 0.05) is 55.5 Å². The maximum atomic E-state index is 13.9. The molecule has 0 bridgehead atoms. The van der Waals surface area contributed by atoms with Crippen molar-refractivity contribution in [2.75, 3.05) is 32.1 Å². The molecule has 2 aromatic carbocycles. The number of benzene rings is 2. The number of carbonyl (C=O) groups excluding carboxylic acids is 1. The average Bonchev–Trinajstić information content (AvgIpc) is 3.38. The number of nitrogens with one attached hydrogen (secondary N) is 1. The highest BCUT2D eigenvalue weighted by atomic mass is 32.1. The molecule has 0 saturated heterocycles. The topological polar surface area (TPSA) is 58.9 Å². The number of ether oxygens (including phenoxy) is 1. The number of hydrogen-bond acceptors (Lipinski definition) is 4. The van der Waals surface area contributed by atoms with E-state index < -0.39 is 17.7 Å². The maximum absolute atomic E-state index is 13.9. The monoisotopic (exact) mass is 456 g/mol. The second-order valence-electron chi connectivity index (χ2n) is 7.16. The number of methoxy groups -OCH3 is 1. The van der Waals surface area contributed by atoms with Crippen molar-refractivity contribution in [3.8, 4) is 11.3 Å². The highest BCUT2D eigenvalue weighted by Gasteiger charge is 2.17. The van der Waals surface area contributed by atoms with Crippen molar-refractivity contribution in [1.29, 1.82) is 0 Å². The fourth-order valence-electron chi connectivity index (χ4n) is 3.31. The molecule has 0 aliphatic rings. The number of anilines is 1. The number of thiazole rings is 1. The van der Waals surface area contributed by atoms with Crippen LogP contribution in [0, 0.1) is 11.6 Å². The number of halogens is 2. The average molecular weight is 457 g/mol. The molecule has 2 heterocycles. The molecule has 0 radical (unpaired) electrons. The second-order valence-corrected chi connectivity index (χ2v) is 7.99. The molecule has 0 aliphatic heterocycles. The predicted molar refractivity (Wildman–Crippen MR) is 121 cm³/mol. The van der Waals surface area contributed by atoms with E-state index in [2.05, 4.69) is 10.3 Å². The van der Waals surface area contributed by atoms with Gasteiger partial charge in [-0.1, -0.05) is 30.3 Å². The van der Waals surface area contributed by atoms with Crippen molar-refractivity contribution < 1.29 is 18.3 Å². The Labute approximate surface area is 188 Å². The lowest BCUT2D eigenvalue weighted by atomic mass is 10.2. The van der Waals surface area contributed by atoms with Crippen molar-refractivity contribution in [2.24, 2.45) is 0 Å². The van der Waals surface area contributed by atoms with Gasteiger partial charge >= 0.3 is 6.03 Å². The molecule has 6 nitrogen and oxygen atoms in total. The molecule has 4 rings (SSSR count). The number of amides is 2. The third kappa shape index (κ3) is 4.95. The summed E-state index contributed by atoms with van der Waals surface area (Å²) in [6, 6.07) is 12.5. The molecule has 0 unspecified atom stereocenters. The van der Waals surface area contributed by atoms with E-state index in [-0.39, 0.29) is 5.69 Å². The number of carbonyl (C=O) groups is 1. The number of rotatable bonds is 8. The molecular weight excluding hydrogens is 434 g/mol. The summed E-state index contributed by atoms with van der Waals surface area (Å²) >= 11 is 1.54. The van der Waals surface area contributed by atoms with E-state index in [1.807, 2.05) is 46.3 Å². The molecule has 0 aliphatic carbocycles. The van der Waals surface area contributed by atoms with Gasteiger partial charge in [0.05, 0.1) is 18.0 Å². The summed E-state index contributed by atoms with van der Waals surface area (Å²) in [6.07, 6.45) is 2.57. The van der Waals surface area contributed by atoms with Gasteiger partial charge in [-0.15, -0.1) is 11.3 Å². The van der Waals surface area contributed by atoms with Crippen LogP contribution in [0.15, 0.2) is 60.1 Å². The quantitative estimate of drug-likeness (QED) is 0.403. The zero-order chi connectivity index (χ0) is 22.5. The van der Waals surface area contributed by atoms with Gasteiger partial charge in [0.2, 0.25) is 0 Å². The summed E-state index contributed by atoms with van der Waals surface area (Å²) < 4.78 is 34.2. The van der Waals surface area contributed by atoms with Crippen LogP contribution in [0.4, 0.5) is 19.3 Å². The predicted octanol–water partition coefficient (Wildman–Crippen LogP) is 5.06. The highest BCUT2D eigenvalue weighted by molar-refractivity contribution is 7.15.